The Morgan fingerprint density at radius 1 is 1.37 bits per heavy atom. The lowest BCUT2D eigenvalue weighted by Gasteiger charge is -2.13. The van der Waals surface area contributed by atoms with Gasteiger partial charge in [0.2, 0.25) is 5.13 Å². The van der Waals surface area contributed by atoms with Gasteiger partial charge >= 0.3 is 0 Å². The van der Waals surface area contributed by atoms with Crippen LogP contribution in [0.1, 0.15) is 11.9 Å². The Morgan fingerprint density at radius 3 is 2.63 bits per heavy atom. The number of benzene rings is 1. The van der Waals surface area contributed by atoms with Crippen molar-refractivity contribution in [1.29, 1.82) is 0 Å². The van der Waals surface area contributed by atoms with E-state index in [1.807, 2.05) is 6.92 Å². The van der Waals surface area contributed by atoms with E-state index in [-0.39, 0.29) is 5.91 Å². The minimum Gasteiger partial charge on any atom is -0.481 e. The van der Waals surface area contributed by atoms with Gasteiger partial charge in [0, 0.05) is 5.02 Å². The minimum absolute atomic E-state index is 0.272. The monoisotopic (exact) mass is 297 g/mol. The number of ether oxygens (including phenoxy) is 1. The molecule has 0 spiro atoms. The summed E-state index contributed by atoms with van der Waals surface area (Å²) in [5.74, 6) is 0.312. The van der Waals surface area contributed by atoms with Gasteiger partial charge in [0.05, 0.1) is 0 Å². The predicted molar refractivity (Wildman–Crippen MR) is 74.8 cm³/mol. The Morgan fingerprint density at radius 2 is 2.05 bits per heavy atom. The van der Waals surface area contributed by atoms with Gasteiger partial charge in [-0.15, -0.1) is 10.2 Å². The van der Waals surface area contributed by atoms with Crippen molar-refractivity contribution >= 4 is 34.0 Å². The lowest BCUT2D eigenvalue weighted by Crippen LogP contribution is -2.30. The van der Waals surface area contributed by atoms with Crippen LogP contribution in [0.15, 0.2) is 24.3 Å². The lowest BCUT2D eigenvalue weighted by atomic mass is 10.3. The second-order valence-corrected chi connectivity index (χ2v) is 5.45. The summed E-state index contributed by atoms with van der Waals surface area (Å²) in [7, 11) is 0. The summed E-state index contributed by atoms with van der Waals surface area (Å²) >= 11 is 7.09. The Kier molecular flexibility index (Phi) is 4.34. The third kappa shape index (κ3) is 3.90. The van der Waals surface area contributed by atoms with Crippen LogP contribution in [0, 0.1) is 6.92 Å². The Hall–Kier alpha value is -1.66. The first kappa shape index (κ1) is 13.8. The number of aryl methyl sites for hydroxylation is 1. The van der Waals surface area contributed by atoms with Crippen molar-refractivity contribution in [1.82, 2.24) is 10.2 Å². The molecule has 1 heterocycles. The number of carbonyl (C=O) groups is 1. The van der Waals surface area contributed by atoms with E-state index >= 15 is 0 Å². The number of nitrogens with one attached hydrogen (secondary N) is 1. The normalized spacial score (nSPS) is 11.9. The fourth-order valence-corrected chi connectivity index (χ4v) is 2.05. The maximum Gasteiger partial charge on any atom is 0.266 e. The maximum atomic E-state index is 11.9. The van der Waals surface area contributed by atoms with Gasteiger partial charge in [-0.05, 0) is 38.1 Å². The summed E-state index contributed by atoms with van der Waals surface area (Å²) in [4.78, 5) is 11.9. The SMILES string of the molecule is Cc1nnc(NC(=O)C(C)Oc2ccc(Cl)cc2)s1. The van der Waals surface area contributed by atoms with Crippen molar-refractivity contribution in [3.8, 4) is 5.75 Å². The summed E-state index contributed by atoms with van der Waals surface area (Å²) in [5, 5.41) is 12.2. The van der Waals surface area contributed by atoms with Crippen LogP contribution >= 0.6 is 22.9 Å². The van der Waals surface area contributed by atoms with Crippen LogP contribution < -0.4 is 10.1 Å². The number of carbonyl (C=O) groups excluding carboxylic acids is 1. The van der Waals surface area contributed by atoms with Gasteiger partial charge in [-0.1, -0.05) is 22.9 Å². The average molecular weight is 298 g/mol. The number of hydrogen-bond donors (Lipinski definition) is 1. The Bertz CT molecular complexity index is 571. The Labute approximate surface area is 119 Å². The van der Waals surface area contributed by atoms with Gasteiger partial charge in [-0.25, -0.2) is 0 Å². The predicted octanol–water partition coefficient (Wildman–Crippen LogP) is 2.91. The summed E-state index contributed by atoms with van der Waals surface area (Å²) in [6, 6.07) is 6.83. The van der Waals surface area contributed by atoms with Gasteiger partial charge in [-0.3, -0.25) is 10.1 Å². The molecule has 1 amide bonds. The van der Waals surface area contributed by atoms with Gasteiger partial charge in [0.15, 0.2) is 6.10 Å². The van der Waals surface area contributed by atoms with E-state index < -0.39 is 6.10 Å². The highest BCUT2D eigenvalue weighted by atomic mass is 35.5. The van der Waals surface area contributed by atoms with E-state index in [4.69, 9.17) is 16.3 Å². The standard InChI is InChI=1S/C12H12ClN3O2S/c1-7(18-10-5-3-9(13)4-6-10)11(17)14-12-16-15-8(2)19-12/h3-7H,1-2H3,(H,14,16,17). The van der Waals surface area contributed by atoms with Gasteiger partial charge in [0.25, 0.3) is 5.91 Å². The number of halogens is 1. The molecule has 0 fully saturated rings. The zero-order valence-corrected chi connectivity index (χ0v) is 12.0. The highest BCUT2D eigenvalue weighted by Gasteiger charge is 2.16. The van der Waals surface area contributed by atoms with Crippen LogP contribution in [0.4, 0.5) is 5.13 Å². The van der Waals surface area contributed by atoms with Crippen molar-refractivity contribution in [3.05, 3.63) is 34.3 Å². The van der Waals surface area contributed by atoms with Crippen molar-refractivity contribution < 1.29 is 9.53 Å². The molecule has 0 radical (unpaired) electrons. The van der Waals surface area contributed by atoms with Crippen LogP contribution in [0.3, 0.4) is 0 Å². The Balaban J connectivity index is 1.94. The third-order valence-electron chi connectivity index (χ3n) is 2.25. The third-order valence-corrected chi connectivity index (χ3v) is 3.26. The van der Waals surface area contributed by atoms with Crippen LogP contribution in [0.5, 0.6) is 5.75 Å². The molecular weight excluding hydrogens is 286 g/mol. The molecule has 7 heteroatoms. The number of nitrogens with zero attached hydrogens (tertiary/aromatic N) is 2. The fourth-order valence-electron chi connectivity index (χ4n) is 1.32. The zero-order valence-electron chi connectivity index (χ0n) is 10.4. The summed E-state index contributed by atoms with van der Waals surface area (Å²) in [5.41, 5.74) is 0. The first-order valence-corrected chi connectivity index (χ1v) is 6.77. The van der Waals surface area contributed by atoms with Crippen molar-refractivity contribution in [2.75, 3.05) is 5.32 Å². The largest absolute Gasteiger partial charge is 0.481 e. The molecule has 0 saturated carbocycles. The van der Waals surface area contributed by atoms with E-state index in [9.17, 15) is 4.79 Å². The van der Waals surface area contributed by atoms with Crippen LogP contribution in [-0.2, 0) is 4.79 Å². The number of aromatic nitrogens is 2. The molecule has 2 rings (SSSR count). The molecule has 0 saturated heterocycles. The van der Waals surface area contributed by atoms with E-state index in [0.717, 1.165) is 5.01 Å². The fraction of sp³-hybridized carbons (Fsp3) is 0.250. The van der Waals surface area contributed by atoms with Crippen molar-refractivity contribution in [3.63, 3.8) is 0 Å². The van der Waals surface area contributed by atoms with Crippen LogP contribution in [-0.4, -0.2) is 22.2 Å². The smallest absolute Gasteiger partial charge is 0.266 e. The molecule has 100 valence electrons. The molecule has 1 atom stereocenters. The second-order valence-electron chi connectivity index (χ2n) is 3.83. The van der Waals surface area contributed by atoms with Crippen molar-refractivity contribution in [2.24, 2.45) is 0 Å². The topological polar surface area (TPSA) is 64.1 Å². The van der Waals surface area contributed by atoms with Crippen LogP contribution in [0.25, 0.3) is 0 Å². The average Bonchev–Trinajstić information content (AvgIpc) is 2.77. The number of hydrogen-bond acceptors (Lipinski definition) is 5. The molecule has 1 aromatic carbocycles. The van der Waals surface area contributed by atoms with Crippen LogP contribution in [0.2, 0.25) is 5.02 Å². The molecule has 5 nitrogen and oxygen atoms in total. The molecule has 2 aromatic rings. The quantitative estimate of drug-likeness (QED) is 0.942. The highest BCUT2D eigenvalue weighted by Crippen LogP contribution is 2.18. The van der Waals surface area contributed by atoms with E-state index in [1.54, 1.807) is 31.2 Å². The summed E-state index contributed by atoms with van der Waals surface area (Å²) in [6.45, 7) is 3.48. The van der Waals surface area contributed by atoms with E-state index in [1.165, 1.54) is 11.3 Å². The lowest BCUT2D eigenvalue weighted by molar-refractivity contribution is -0.122. The first-order valence-electron chi connectivity index (χ1n) is 5.58. The van der Waals surface area contributed by atoms with E-state index in [2.05, 4.69) is 15.5 Å². The van der Waals surface area contributed by atoms with Gasteiger partial charge in [-0.2, -0.15) is 0 Å². The maximum absolute atomic E-state index is 11.9. The molecule has 19 heavy (non-hydrogen) atoms. The molecule has 0 bridgehead atoms. The number of anilines is 1. The molecule has 1 aromatic heterocycles. The molecular formula is C12H12ClN3O2S. The van der Waals surface area contributed by atoms with Crippen molar-refractivity contribution in [2.45, 2.75) is 20.0 Å². The molecule has 0 aliphatic carbocycles. The zero-order chi connectivity index (χ0) is 13.8. The molecule has 0 aliphatic heterocycles. The molecule has 0 aliphatic rings. The van der Waals surface area contributed by atoms with Gasteiger partial charge in [0.1, 0.15) is 10.8 Å². The second kappa shape index (κ2) is 5.99. The highest BCUT2D eigenvalue weighted by molar-refractivity contribution is 7.15. The first-order chi connectivity index (χ1) is 9.04. The number of amides is 1. The van der Waals surface area contributed by atoms with Gasteiger partial charge < -0.3 is 4.74 Å². The summed E-state index contributed by atoms with van der Waals surface area (Å²) < 4.78 is 5.50. The summed E-state index contributed by atoms with van der Waals surface area (Å²) in [6.07, 6.45) is -0.634. The van der Waals surface area contributed by atoms with E-state index in [0.29, 0.717) is 15.9 Å². The number of rotatable bonds is 4. The minimum atomic E-state index is -0.634. The molecule has 1 N–H and O–H groups in total. The molecule has 1 unspecified atom stereocenters.